The van der Waals surface area contributed by atoms with Crippen LogP contribution in [-0.2, 0) is 9.53 Å². The Morgan fingerprint density at radius 3 is 2.39 bits per heavy atom. The Morgan fingerprint density at radius 1 is 1.10 bits per heavy atom. The molecule has 2 heterocycles. The lowest BCUT2D eigenvalue weighted by atomic mass is 9.82. The molecule has 0 fully saturated rings. The first kappa shape index (κ1) is 22.8. The number of imidazole rings is 1. The van der Waals surface area contributed by atoms with Crippen molar-refractivity contribution in [1.29, 1.82) is 0 Å². The van der Waals surface area contributed by atoms with Crippen molar-refractivity contribution in [1.82, 2.24) is 9.38 Å². The van der Waals surface area contributed by atoms with Crippen molar-refractivity contribution in [3.63, 3.8) is 0 Å². The van der Waals surface area contributed by atoms with E-state index in [0.717, 1.165) is 34.7 Å². The zero-order valence-corrected chi connectivity index (χ0v) is 19.6. The van der Waals surface area contributed by atoms with Crippen molar-refractivity contribution in [2.75, 3.05) is 19.0 Å². The maximum absolute atomic E-state index is 11.7. The number of hydrogen-bond acceptors (Lipinski definition) is 5. The number of nitrogens with zero attached hydrogens (tertiary/aromatic N) is 2. The zero-order chi connectivity index (χ0) is 22.8. The van der Waals surface area contributed by atoms with Gasteiger partial charge in [0.05, 0.1) is 0 Å². The Morgan fingerprint density at radius 2 is 1.77 bits per heavy atom. The Bertz CT molecular complexity index is 1060. The predicted octanol–water partition coefficient (Wildman–Crippen LogP) is 5.49. The minimum atomic E-state index is -0.426. The largest absolute Gasteiger partial charge is 0.425 e. The predicted molar refractivity (Wildman–Crippen MR) is 125 cm³/mol. The highest BCUT2D eigenvalue weighted by Crippen LogP contribution is 2.35. The van der Waals surface area contributed by atoms with E-state index in [2.05, 4.69) is 69.6 Å². The number of esters is 1. The third-order valence-corrected chi connectivity index (χ3v) is 4.83. The molecule has 0 saturated heterocycles. The van der Waals surface area contributed by atoms with Crippen LogP contribution in [0.25, 0.3) is 16.9 Å². The Hall–Kier alpha value is -2.86. The normalized spacial score (nSPS) is 12.2. The first-order valence-corrected chi connectivity index (χ1v) is 10.5. The third kappa shape index (κ3) is 5.85. The molecule has 166 valence electrons. The molecule has 0 bridgehead atoms. The summed E-state index contributed by atoms with van der Waals surface area (Å²) < 4.78 is 12.2. The SMILES string of the molecule is COCC(=O)Oc1ccc(-c2nc3cc(C)ccn3c2NC(C)(C)CC(C)(C)C)cc1. The van der Waals surface area contributed by atoms with Gasteiger partial charge in [-0.25, -0.2) is 9.78 Å². The molecule has 1 N–H and O–H groups in total. The van der Waals surface area contributed by atoms with Gasteiger partial charge in [-0.3, -0.25) is 4.40 Å². The van der Waals surface area contributed by atoms with E-state index in [4.69, 9.17) is 14.5 Å². The average Bonchev–Trinajstić information content (AvgIpc) is 2.97. The number of ether oxygens (including phenoxy) is 2. The van der Waals surface area contributed by atoms with E-state index in [1.54, 1.807) is 12.1 Å². The summed E-state index contributed by atoms with van der Waals surface area (Å²) in [6, 6.07) is 11.6. The first-order valence-electron chi connectivity index (χ1n) is 10.5. The molecule has 3 aromatic rings. The van der Waals surface area contributed by atoms with E-state index < -0.39 is 5.97 Å². The van der Waals surface area contributed by atoms with Gasteiger partial charge in [-0.1, -0.05) is 20.8 Å². The van der Waals surface area contributed by atoms with E-state index >= 15 is 0 Å². The number of aryl methyl sites for hydroxylation is 1. The number of anilines is 1. The fourth-order valence-electron chi connectivity index (χ4n) is 4.12. The van der Waals surface area contributed by atoms with Crippen LogP contribution in [-0.4, -0.2) is 34.6 Å². The topological polar surface area (TPSA) is 64.9 Å². The number of benzene rings is 1. The van der Waals surface area contributed by atoms with E-state index in [1.807, 2.05) is 12.1 Å². The standard InChI is InChI=1S/C25H33N3O3/c1-17-12-13-28-20(14-17)26-22(23(28)27-25(5,6)16-24(2,3)4)18-8-10-19(11-9-18)31-21(29)15-30-7/h8-14,27H,15-16H2,1-7H3. The number of carbonyl (C=O) groups excluding carboxylic acids is 1. The van der Waals surface area contributed by atoms with E-state index in [9.17, 15) is 4.79 Å². The molecule has 6 nitrogen and oxygen atoms in total. The second kappa shape index (κ2) is 8.71. The van der Waals surface area contributed by atoms with Gasteiger partial charge in [0.1, 0.15) is 29.5 Å². The van der Waals surface area contributed by atoms with E-state index in [1.165, 1.54) is 7.11 Å². The van der Waals surface area contributed by atoms with Crippen molar-refractivity contribution in [2.24, 2.45) is 5.41 Å². The molecule has 0 radical (unpaired) electrons. The lowest BCUT2D eigenvalue weighted by molar-refractivity contribution is -0.138. The molecule has 0 saturated carbocycles. The molecule has 2 aromatic heterocycles. The summed E-state index contributed by atoms with van der Waals surface area (Å²) >= 11 is 0. The lowest BCUT2D eigenvalue weighted by Gasteiger charge is -2.34. The molecular weight excluding hydrogens is 390 g/mol. The van der Waals surface area contributed by atoms with Gasteiger partial charge in [0, 0.05) is 24.4 Å². The highest BCUT2D eigenvalue weighted by Gasteiger charge is 2.28. The number of aromatic nitrogens is 2. The highest BCUT2D eigenvalue weighted by atomic mass is 16.6. The molecule has 0 aliphatic rings. The summed E-state index contributed by atoms with van der Waals surface area (Å²) in [6.07, 6.45) is 3.05. The number of pyridine rings is 1. The second-order valence-electron chi connectivity index (χ2n) is 9.92. The van der Waals surface area contributed by atoms with Crippen molar-refractivity contribution < 1.29 is 14.3 Å². The van der Waals surface area contributed by atoms with Crippen LogP contribution in [0.3, 0.4) is 0 Å². The van der Waals surface area contributed by atoms with Crippen molar-refractivity contribution in [3.8, 4) is 17.0 Å². The van der Waals surface area contributed by atoms with Gasteiger partial charge in [0.25, 0.3) is 0 Å². The summed E-state index contributed by atoms with van der Waals surface area (Å²) in [7, 11) is 1.46. The van der Waals surface area contributed by atoms with Crippen LogP contribution in [0.4, 0.5) is 5.82 Å². The molecule has 31 heavy (non-hydrogen) atoms. The molecule has 3 rings (SSSR count). The van der Waals surface area contributed by atoms with Gasteiger partial charge in [0.15, 0.2) is 0 Å². The van der Waals surface area contributed by atoms with Crippen LogP contribution in [0.5, 0.6) is 5.75 Å². The Balaban J connectivity index is 2.00. The van der Waals surface area contributed by atoms with Crippen molar-refractivity contribution in [3.05, 3.63) is 48.2 Å². The molecule has 0 amide bonds. The molecule has 1 aromatic carbocycles. The van der Waals surface area contributed by atoms with Crippen LogP contribution in [0.1, 0.15) is 46.6 Å². The summed E-state index contributed by atoms with van der Waals surface area (Å²) in [5.41, 5.74) is 3.90. The van der Waals surface area contributed by atoms with Gasteiger partial charge in [-0.15, -0.1) is 0 Å². The molecule has 0 aliphatic carbocycles. The summed E-state index contributed by atoms with van der Waals surface area (Å²) in [5, 5.41) is 3.75. The minimum absolute atomic E-state index is 0.0789. The maximum atomic E-state index is 11.7. The average molecular weight is 424 g/mol. The number of methoxy groups -OCH3 is 1. The monoisotopic (exact) mass is 423 g/mol. The second-order valence-corrected chi connectivity index (χ2v) is 9.92. The summed E-state index contributed by atoms with van der Waals surface area (Å²) in [6.45, 7) is 13.2. The minimum Gasteiger partial charge on any atom is -0.425 e. The summed E-state index contributed by atoms with van der Waals surface area (Å²) in [4.78, 5) is 16.6. The Kier molecular flexibility index (Phi) is 6.41. The molecule has 0 unspecified atom stereocenters. The lowest BCUT2D eigenvalue weighted by Crippen LogP contribution is -2.36. The Labute approximate surface area is 184 Å². The third-order valence-electron chi connectivity index (χ3n) is 4.83. The van der Waals surface area contributed by atoms with Gasteiger partial charge < -0.3 is 14.8 Å². The van der Waals surface area contributed by atoms with E-state index in [-0.39, 0.29) is 17.6 Å². The summed E-state index contributed by atoms with van der Waals surface area (Å²) in [5.74, 6) is 1.01. The van der Waals surface area contributed by atoms with Crippen LogP contribution in [0.2, 0.25) is 0 Å². The molecule has 0 aliphatic heterocycles. The van der Waals surface area contributed by atoms with Crippen molar-refractivity contribution >= 4 is 17.4 Å². The van der Waals surface area contributed by atoms with E-state index in [0.29, 0.717) is 5.75 Å². The molecule has 0 spiro atoms. The molecule has 6 heteroatoms. The van der Waals surface area contributed by atoms with Gasteiger partial charge >= 0.3 is 5.97 Å². The molecular formula is C25H33N3O3. The van der Waals surface area contributed by atoms with Crippen molar-refractivity contribution in [2.45, 2.75) is 53.5 Å². The number of carbonyl (C=O) groups is 1. The van der Waals surface area contributed by atoms with Crippen LogP contribution >= 0.6 is 0 Å². The first-order chi connectivity index (χ1) is 14.5. The number of hydrogen-bond donors (Lipinski definition) is 1. The maximum Gasteiger partial charge on any atom is 0.337 e. The fraction of sp³-hybridized carbons (Fsp3) is 0.440. The highest BCUT2D eigenvalue weighted by molar-refractivity contribution is 5.78. The van der Waals surface area contributed by atoms with Gasteiger partial charge in [-0.05, 0) is 74.6 Å². The van der Waals surface area contributed by atoms with Gasteiger partial charge in [0.2, 0.25) is 0 Å². The molecule has 0 atom stereocenters. The number of rotatable bonds is 7. The fourth-order valence-corrected chi connectivity index (χ4v) is 4.12. The smallest absolute Gasteiger partial charge is 0.337 e. The zero-order valence-electron chi connectivity index (χ0n) is 19.6. The number of nitrogens with one attached hydrogen (secondary N) is 1. The quantitative estimate of drug-likeness (QED) is 0.402. The number of fused-ring (bicyclic) bond motifs is 1. The van der Waals surface area contributed by atoms with Gasteiger partial charge in [-0.2, -0.15) is 0 Å². The van der Waals surface area contributed by atoms with Crippen LogP contribution in [0.15, 0.2) is 42.6 Å². The van der Waals surface area contributed by atoms with Crippen LogP contribution < -0.4 is 10.1 Å². The van der Waals surface area contributed by atoms with Crippen LogP contribution in [0, 0.1) is 12.3 Å².